The highest BCUT2D eigenvalue weighted by Gasteiger charge is 2.17. The minimum absolute atomic E-state index is 0.0156. The maximum atomic E-state index is 13.5. The van der Waals surface area contributed by atoms with Crippen molar-refractivity contribution in [1.82, 2.24) is 0 Å². The molecule has 0 fully saturated rings. The van der Waals surface area contributed by atoms with Crippen molar-refractivity contribution in [1.29, 1.82) is 0 Å². The molecule has 0 unspecified atom stereocenters. The van der Waals surface area contributed by atoms with E-state index in [1.54, 1.807) is 0 Å². The Hall–Kier alpha value is -1.62. The van der Waals surface area contributed by atoms with Crippen LogP contribution in [-0.2, 0) is 4.74 Å². The van der Waals surface area contributed by atoms with E-state index in [9.17, 15) is 9.18 Å². The number of hydrogen-bond donors (Lipinski definition) is 2. The Kier molecular flexibility index (Phi) is 4.67. The average molecular weight is 255 g/mol. The number of aliphatic hydroxyl groups excluding tert-OH is 1. The molecule has 5 heteroatoms. The van der Waals surface area contributed by atoms with Crippen LogP contribution in [0.4, 0.5) is 10.1 Å². The van der Waals surface area contributed by atoms with E-state index in [-0.39, 0.29) is 23.3 Å². The third-order valence-corrected chi connectivity index (χ3v) is 2.57. The second-order valence-electron chi connectivity index (χ2n) is 4.86. The van der Waals surface area contributed by atoms with Gasteiger partial charge in [-0.3, -0.25) is 0 Å². The van der Waals surface area contributed by atoms with Crippen LogP contribution in [0, 0.1) is 11.2 Å². The largest absolute Gasteiger partial charge is 0.465 e. The molecule has 2 N–H and O–H groups in total. The number of hydrogen-bond acceptors (Lipinski definition) is 4. The van der Waals surface area contributed by atoms with Crippen molar-refractivity contribution in [3.05, 3.63) is 29.6 Å². The van der Waals surface area contributed by atoms with Gasteiger partial charge in [0.1, 0.15) is 5.82 Å². The fraction of sp³-hybridized carbons (Fsp3) is 0.462. The van der Waals surface area contributed by atoms with Gasteiger partial charge in [0.15, 0.2) is 0 Å². The van der Waals surface area contributed by atoms with E-state index in [2.05, 4.69) is 10.1 Å². The predicted octanol–water partition coefficient (Wildman–Crippen LogP) is 2.04. The molecule has 100 valence electrons. The maximum absolute atomic E-state index is 13.5. The number of benzene rings is 1. The number of methoxy groups -OCH3 is 1. The van der Waals surface area contributed by atoms with Crippen molar-refractivity contribution < 1.29 is 19.0 Å². The summed E-state index contributed by atoms with van der Waals surface area (Å²) in [4.78, 5) is 11.3. The second kappa shape index (κ2) is 5.82. The molecular formula is C13H18FNO3. The van der Waals surface area contributed by atoms with Gasteiger partial charge >= 0.3 is 5.97 Å². The molecule has 0 bridgehead atoms. The zero-order chi connectivity index (χ0) is 13.8. The van der Waals surface area contributed by atoms with Gasteiger partial charge in [0.25, 0.3) is 0 Å². The van der Waals surface area contributed by atoms with Gasteiger partial charge in [-0.1, -0.05) is 13.8 Å². The summed E-state index contributed by atoms with van der Waals surface area (Å²) in [6, 6.07) is 3.97. The molecule has 0 aliphatic heterocycles. The maximum Gasteiger partial charge on any atom is 0.337 e. The topological polar surface area (TPSA) is 58.6 Å². The minimum atomic E-state index is -0.514. The normalized spacial score (nSPS) is 11.2. The fourth-order valence-electron chi connectivity index (χ4n) is 1.30. The monoisotopic (exact) mass is 255 g/mol. The van der Waals surface area contributed by atoms with Crippen molar-refractivity contribution in [2.24, 2.45) is 5.41 Å². The van der Waals surface area contributed by atoms with E-state index in [0.717, 1.165) is 0 Å². The van der Waals surface area contributed by atoms with E-state index in [1.165, 1.54) is 25.3 Å². The van der Waals surface area contributed by atoms with Gasteiger partial charge < -0.3 is 15.2 Å². The summed E-state index contributed by atoms with van der Waals surface area (Å²) in [5.74, 6) is -0.962. The van der Waals surface area contributed by atoms with Gasteiger partial charge in [-0.2, -0.15) is 0 Å². The molecule has 0 aliphatic rings. The molecule has 1 aromatic carbocycles. The summed E-state index contributed by atoms with van der Waals surface area (Å²) in [6.07, 6.45) is 0. The highest BCUT2D eigenvalue weighted by atomic mass is 19.1. The molecule has 0 amide bonds. The van der Waals surface area contributed by atoms with Crippen LogP contribution in [0.5, 0.6) is 0 Å². The number of carbonyl (C=O) groups excluding carboxylic acids is 1. The van der Waals surface area contributed by atoms with Gasteiger partial charge in [0.05, 0.1) is 18.4 Å². The van der Waals surface area contributed by atoms with E-state index >= 15 is 0 Å². The number of nitrogens with one attached hydrogen (secondary N) is 1. The molecule has 1 aromatic rings. The molecule has 1 rings (SSSR count). The van der Waals surface area contributed by atoms with Crippen LogP contribution in [0.2, 0.25) is 0 Å². The molecule has 0 spiro atoms. The van der Waals surface area contributed by atoms with Gasteiger partial charge in [-0.25, -0.2) is 9.18 Å². The number of anilines is 1. The second-order valence-corrected chi connectivity index (χ2v) is 4.86. The zero-order valence-corrected chi connectivity index (χ0v) is 10.8. The van der Waals surface area contributed by atoms with Gasteiger partial charge in [-0.05, 0) is 18.2 Å². The standard InChI is InChI=1S/C13H18FNO3/c1-13(2,8-16)7-15-11-6-9(12(17)18-3)4-5-10(11)14/h4-6,15-16H,7-8H2,1-3H3. The summed E-state index contributed by atoms with van der Waals surface area (Å²) in [6.45, 7) is 4.08. The van der Waals surface area contributed by atoms with Crippen LogP contribution >= 0.6 is 0 Å². The Balaban J connectivity index is 2.85. The molecule has 0 aliphatic carbocycles. The minimum Gasteiger partial charge on any atom is -0.465 e. The lowest BCUT2D eigenvalue weighted by molar-refractivity contribution is 0.0600. The van der Waals surface area contributed by atoms with Gasteiger partial charge in [0, 0.05) is 18.6 Å². The van der Waals surface area contributed by atoms with Crippen LogP contribution in [0.25, 0.3) is 0 Å². The lowest BCUT2D eigenvalue weighted by Crippen LogP contribution is -2.27. The lowest BCUT2D eigenvalue weighted by Gasteiger charge is -2.22. The molecule has 18 heavy (non-hydrogen) atoms. The predicted molar refractivity (Wildman–Crippen MR) is 67.1 cm³/mol. The average Bonchev–Trinajstić information content (AvgIpc) is 2.37. The zero-order valence-electron chi connectivity index (χ0n) is 10.8. The van der Waals surface area contributed by atoms with Crippen molar-refractivity contribution >= 4 is 11.7 Å². The van der Waals surface area contributed by atoms with Crippen molar-refractivity contribution in [2.45, 2.75) is 13.8 Å². The SMILES string of the molecule is COC(=O)c1ccc(F)c(NCC(C)(C)CO)c1. The summed E-state index contributed by atoms with van der Waals surface area (Å²) in [5.41, 5.74) is 0.135. The van der Waals surface area contributed by atoms with Crippen LogP contribution < -0.4 is 5.32 Å². The van der Waals surface area contributed by atoms with E-state index in [0.29, 0.717) is 6.54 Å². The molecule has 0 saturated carbocycles. The lowest BCUT2D eigenvalue weighted by atomic mass is 9.95. The molecule has 0 atom stereocenters. The number of rotatable bonds is 5. The summed E-state index contributed by atoms with van der Waals surface area (Å²) >= 11 is 0. The molecule has 0 heterocycles. The number of ether oxygens (including phenoxy) is 1. The highest BCUT2D eigenvalue weighted by molar-refractivity contribution is 5.90. The fourth-order valence-corrected chi connectivity index (χ4v) is 1.30. The quantitative estimate of drug-likeness (QED) is 0.790. The Morgan fingerprint density at radius 2 is 2.17 bits per heavy atom. The number of aliphatic hydroxyl groups is 1. The van der Waals surface area contributed by atoms with E-state index in [4.69, 9.17) is 5.11 Å². The Morgan fingerprint density at radius 3 is 2.72 bits per heavy atom. The van der Waals surface area contributed by atoms with E-state index in [1.807, 2.05) is 13.8 Å². The summed E-state index contributed by atoms with van der Waals surface area (Å²) < 4.78 is 18.1. The van der Waals surface area contributed by atoms with Crippen LogP contribution in [0.15, 0.2) is 18.2 Å². The number of carbonyl (C=O) groups is 1. The van der Waals surface area contributed by atoms with Crippen molar-refractivity contribution in [3.8, 4) is 0 Å². The third kappa shape index (κ3) is 3.70. The van der Waals surface area contributed by atoms with Crippen LogP contribution in [0.1, 0.15) is 24.2 Å². The smallest absolute Gasteiger partial charge is 0.337 e. The van der Waals surface area contributed by atoms with Crippen molar-refractivity contribution in [3.63, 3.8) is 0 Å². The first-order valence-corrected chi connectivity index (χ1v) is 5.62. The first-order valence-electron chi connectivity index (χ1n) is 5.62. The molecular weight excluding hydrogens is 237 g/mol. The molecule has 0 aromatic heterocycles. The molecule has 0 saturated heterocycles. The van der Waals surface area contributed by atoms with Gasteiger partial charge in [-0.15, -0.1) is 0 Å². The first-order chi connectivity index (χ1) is 8.39. The van der Waals surface area contributed by atoms with E-state index < -0.39 is 11.8 Å². The summed E-state index contributed by atoms with van der Waals surface area (Å²) in [7, 11) is 1.27. The first kappa shape index (κ1) is 14.4. The Labute approximate surface area is 106 Å². The number of halogens is 1. The third-order valence-electron chi connectivity index (χ3n) is 2.57. The Bertz CT molecular complexity index is 432. The van der Waals surface area contributed by atoms with Gasteiger partial charge in [0.2, 0.25) is 0 Å². The van der Waals surface area contributed by atoms with Crippen molar-refractivity contribution in [2.75, 3.05) is 25.6 Å². The van der Waals surface area contributed by atoms with Crippen LogP contribution in [0.3, 0.4) is 0 Å². The van der Waals surface area contributed by atoms with Crippen LogP contribution in [-0.4, -0.2) is 31.3 Å². The summed E-state index contributed by atoms with van der Waals surface area (Å²) in [5, 5.41) is 12.0. The molecule has 4 nitrogen and oxygen atoms in total. The highest BCUT2D eigenvalue weighted by Crippen LogP contribution is 2.20. The molecule has 0 radical (unpaired) electrons. The Morgan fingerprint density at radius 1 is 1.50 bits per heavy atom. The number of esters is 1.